The summed E-state index contributed by atoms with van der Waals surface area (Å²) < 4.78 is 3.01. The monoisotopic (exact) mass is 447 g/mol. The number of aryl methyl sites for hydroxylation is 1. The lowest BCUT2D eigenvalue weighted by molar-refractivity contribution is 0.0940. The van der Waals surface area contributed by atoms with Crippen molar-refractivity contribution in [1.29, 1.82) is 0 Å². The Morgan fingerprint density at radius 3 is 2.52 bits per heavy atom. The van der Waals surface area contributed by atoms with Crippen molar-refractivity contribution in [2.24, 2.45) is 0 Å². The number of nitrogens with zero attached hydrogens (tertiary/aromatic N) is 2. The number of halogens is 1. The highest BCUT2D eigenvalue weighted by molar-refractivity contribution is 9.10. The summed E-state index contributed by atoms with van der Waals surface area (Å²) in [6.07, 6.45) is 0. The zero-order chi connectivity index (χ0) is 20.4. The van der Waals surface area contributed by atoms with Crippen LogP contribution < -0.4 is 5.32 Å². The molecule has 4 aromatic rings. The molecule has 1 N–H and O–H groups in total. The van der Waals surface area contributed by atoms with Crippen LogP contribution in [0.1, 0.15) is 40.1 Å². The van der Waals surface area contributed by atoms with Crippen LogP contribution in [0.15, 0.2) is 77.3 Å². The van der Waals surface area contributed by atoms with Gasteiger partial charge in [-0.05, 0) is 55.3 Å². The molecule has 1 atom stereocenters. The fourth-order valence-electron chi connectivity index (χ4n) is 3.47. The Morgan fingerprint density at radius 1 is 1.07 bits per heavy atom. The maximum Gasteiger partial charge on any atom is 0.251 e. The third kappa shape index (κ3) is 4.25. The topological polar surface area (TPSA) is 46.9 Å². The molecule has 1 heterocycles. The van der Waals surface area contributed by atoms with Gasteiger partial charge in [0.25, 0.3) is 5.91 Å². The molecule has 0 fully saturated rings. The molecular formula is C24H22BrN3O. The molecule has 0 aliphatic heterocycles. The van der Waals surface area contributed by atoms with E-state index in [-0.39, 0.29) is 11.9 Å². The van der Waals surface area contributed by atoms with Crippen molar-refractivity contribution in [1.82, 2.24) is 15.1 Å². The smallest absolute Gasteiger partial charge is 0.251 e. The Labute approximate surface area is 178 Å². The lowest BCUT2D eigenvalue weighted by atomic mass is 10.1. The van der Waals surface area contributed by atoms with Crippen LogP contribution in [0.4, 0.5) is 0 Å². The van der Waals surface area contributed by atoms with Gasteiger partial charge in [-0.1, -0.05) is 58.4 Å². The molecule has 0 spiro atoms. The summed E-state index contributed by atoms with van der Waals surface area (Å²) in [5, 5.41) is 8.77. The van der Waals surface area contributed by atoms with Crippen molar-refractivity contribution >= 4 is 32.7 Å². The molecule has 5 heteroatoms. The van der Waals surface area contributed by atoms with E-state index >= 15 is 0 Å². The van der Waals surface area contributed by atoms with Crippen molar-refractivity contribution in [2.75, 3.05) is 0 Å². The number of fused-ring (bicyclic) bond motifs is 1. The second-order valence-electron chi connectivity index (χ2n) is 7.21. The number of aromatic nitrogens is 2. The number of carbonyl (C=O) groups is 1. The first kappa shape index (κ1) is 19.4. The minimum atomic E-state index is -0.0856. The third-order valence-corrected chi connectivity index (χ3v) is 5.62. The molecule has 1 aromatic heterocycles. The van der Waals surface area contributed by atoms with Gasteiger partial charge >= 0.3 is 0 Å². The molecule has 0 unspecified atom stereocenters. The molecule has 0 saturated heterocycles. The van der Waals surface area contributed by atoms with Gasteiger partial charge in [-0.3, -0.25) is 9.48 Å². The van der Waals surface area contributed by atoms with E-state index in [1.165, 1.54) is 5.56 Å². The molecule has 0 aliphatic carbocycles. The standard InChI is InChI=1S/C24H22BrN3O/c1-16(19-8-11-21(25)12-9-19)26-24(29)20-10-13-23-22(14-20)17(2)27-28(23)15-18-6-4-3-5-7-18/h3-14,16H,15H2,1-2H3,(H,26,29)/t16-/m0/s1. The summed E-state index contributed by atoms with van der Waals surface area (Å²) in [6, 6.07) is 23.9. The highest BCUT2D eigenvalue weighted by Gasteiger charge is 2.15. The molecule has 4 nitrogen and oxygen atoms in total. The number of hydrogen-bond donors (Lipinski definition) is 1. The summed E-state index contributed by atoms with van der Waals surface area (Å²) in [5.74, 6) is -0.0856. The number of nitrogens with one attached hydrogen (secondary N) is 1. The van der Waals surface area contributed by atoms with Gasteiger partial charge in [0.15, 0.2) is 0 Å². The molecule has 0 bridgehead atoms. The summed E-state index contributed by atoms with van der Waals surface area (Å²) >= 11 is 3.44. The van der Waals surface area contributed by atoms with E-state index in [0.29, 0.717) is 12.1 Å². The average Bonchev–Trinajstić information content (AvgIpc) is 3.04. The molecular weight excluding hydrogens is 426 g/mol. The van der Waals surface area contributed by atoms with Crippen LogP contribution >= 0.6 is 15.9 Å². The fraction of sp³-hybridized carbons (Fsp3) is 0.167. The van der Waals surface area contributed by atoms with Crippen LogP contribution in [-0.4, -0.2) is 15.7 Å². The first-order valence-corrected chi connectivity index (χ1v) is 10.4. The highest BCUT2D eigenvalue weighted by Crippen LogP contribution is 2.22. The van der Waals surface area contributed by atoms with Crippen molar-refractivity contribution in [3.8, 4) is 0 Å². The van der Waals surface area contributed by atoms with Crippen molar-refractivity contribution in [2.45, 2.75) is 26.4 Å². The SMILES string of the molecule is Cc1nn(Cc2ccccc2)c2ccc(C(=O)N[C@@H](C)c3ccc(Br)cc3)cc12. The lowest BCUT2D eigenvalue weighted by Gasteiger charge is -2.14. The Balaban J connectivity index is 1.56. The van der Waals surface area contributed by atoms with Gasteiger partial charge in [-0.15, -0.1) is 0 Å². The molecule has 29 heavy (non-hydrogen) atoms. The van der Waals surface area contributed by atoms with Crippen LogP contribution in [0.3, 0.4) is 0 Å². The number of hydrogen-bond acceptors (Lipinski definition) is 2. The van der Waals surface area contributed by atoms with Gasteiger partial charge in [0, 0.05) is 15.4 Å². The van der Waals surface area contributed by atoms with E-state index in [1.54, 1.807) is 0 Å². The number of rotatable bonds is 5. The molecule has 146 valence electrons. The summed E-state index contributed by atoms with van der Waals surface area (Å²) in [7, 11) is 0. The number of carbonyl (C=O) groups excluding carboxylic acids is 1. The van der Waals surface area contributed by atoms with Crippen LogP contribution in [0.2, 0.25) is 0 Å². The van der Waals surface area contributed by atoms with E-state index in [4.69, 9.17) is 0 Å². The van der Waals surface area contributed by atoms with Gasteiger partial charge in [0.2, 0.25) is 0 Å². The molecule has 1 amide bonds. The van der Waals surface area contributed by atoms with E-state index in [2.05, 4.69) is 38.5 Å². The average molecular weight is 448 g/mol. The molecule has 0 aliphatic rings. The van der Waals surface area contributed by atoms with Crippen LogP contribution in [0.5, 0.6) is 0 Å². The predicted octanol–water partition coefficient (Wildman–Crippen LogP) is 5.65. The quantitative estimate of drug-likeness (QED) is 0.429. The van der Waals surface area contributed by atoms with Crippen molar-refractivity contribution in [3.63, 3.8) is 0 Å². The van der Waals surface area contributed by atoms with Gasteiger partial charge < -0.3 is 5.32 Å². The molecule has 3 aromatic carbocycles. The maximum atomic E-state index is 12.8. The zero-order valence-electron chi connectivity index (χ0n) is 16.4. The van der Waals surface area contributed by atoms with E-state index in [0.717, 1.165) is 26.6 Å². The largest absolute Gasteiger partial charge is 0.346 e. The normalized spacial score (nSPS) is 12.1. The first-order chi connectivity index (χ1) is 14.0. The van der Waals surface area contributed by atoms with Gasteiger partial charge in [-0.2, -0.15) is 5.10 Å². The molecule has 0 saturated carbocycles. The van der Waals surface area contributed by atoms with Gasteiger partial charge in [0.05, 0.1) is 23.8 Å². The zero-order valence-corrected chi connectivity index (χ0v) is 18.0. The summed E-state index contributed by atoms with van der Waals surface area (Å²) in [5.41, 5.74) is 4.86. The first-order valence-electron chi connectivity index (χ1n) is 9.58. The van der Waals surface area contributed by atoms with Crippen molar-refractivity contribution in [3.05, 3.63) is 99.7 Å². The van der Waals surface area contributed by atoms with Crippen LogP contribution in [0, 0.1) is 6.92 Å². The third-order valence-electron chi connectivity index (χ3n) is 5.09. The summed E-state index contributed by atoms with van der Waals surface area (Å²) in [4.78, 5) is 12.8. The number of amides is 1. The maximum absolute atomic E-state index is 12.8. The van der Waals surface area contributed by atoms with Gasteiger partial charge in [0.1, 0.15) is 0 Å². The van der Waals surface area contributed by atoms with Crippen LogP contribution in [0.25, 0.3) is 10.9 Å². The van der Waals surface area contributed by atoms with Crippen molar-refractivity contribution < 1.29 is 4.79 Å². The lowest BCUT2D eigenvalue weighted by Crippen LogP contribution is -2.26. The predicted molar refractivity (Wildman–Crippen MR) is 120 cm³/mol. The Bertz CT molecular complexity index is 1150. The second-order valence-corrected chi connectivity index (χ2v) is 8.12. The minimum Gasteiger partial charge on any atom is -0.346 e. The second kappa shape index (κ2) is 8.21. The van der Waals surface area contributed by atoms with E-state index < -0.39 is 0 Å². The van der Waals surface area contributed by atoms with E-state index in [9.17, 15) is 4.79 Å². The van der Waals surface area contributed by atoms with E-state index in [1.807, 2.05) is 79.2 Å². The Kier molecular flexibility index (Phi) is 5.49. The molecule has 4 rings (SSSR count). The fourth-order valence-corrected chi connectivity index (χ4v) is 3.74. The number of benzene rings is 3. The summed E-state index contributed by atoms with van der Waals surface area (Å²) in [6.45, 7) is 4.68. The van der Waals surface area contributed by atoms with Crippen LogP contribution in [-0.2, 0) is 6.54 Å². The minimum absolute atomic E-state index is 0.0757. The molecule has 0 radical (unpaired) electrons. The Morgan fingerprint density at radius 2 is 1.79 bits per heavy atom. The van der Waals surface area contributed by atoms with Gasteiger partial charge in [-0.25, -0.2) is 0 Å². The Hall–Kier alpha value is -2.92. The highest BCUT2D eigenvalue weighted by atomic mass is 79.9.